The quantitative estimate of drug-likeness (QED) is 0.573. The monoisotopic (exact) mass is 474 g/mol. The lowest BCUT2D eigenvalue weighted by Crippen LogP contribution is -2.48. The number of aryl methyl sites for hydroxylation is 1. The van der Waals surface area contributed by atoms with E-state index in [-0.39, 0.29) is 41.7 Å². The summed E-state index contributed by atoms with van der Waals surface area (Å²) in [5.74, 6) is -1.11. The van der Waals surface area contributed by atoms with Crippen molar-refractivity contribution in [2.75, 3.05) is 26.7 Å². The van der Waals surface area contributed by atoms with Crippen LogP contribution < -0.4 is 0 Å². The van der Waals surface area contributed by atoms with E-state index in [0.717, 1.165) is 11.1 Å². The third-order valence-electron chi connectivity index (χ3n) is 5.51. The molecule has 3 rings (SSSR count). The second kappa shape index (κ2) is 10.5. The molecule has 1 heterocycles. The second-order valence-electron chi connectivity index (χ2n) is 8.36. The lowest BCUT2D eigenvalue weighted by atomic mass is 10.1. The molecule has 0 N–H and O–H groups in total. The molecule has 0 radical (unpaired) electrons. The largest absolute Gasteiger partial charge is 0.452 e. The van der Waals surface area contributed by atoms with Crippen molar-refractivity contribution >= 4 is 21.9 Å². The Kier molecular flexibility index (Phi) is 7.88. The summed E-state index contributed by atoms with van der Waals surface area (Å²) in [7, 11) is -2.16. The average molecular weight is 475 g/mol. The first-order valence-corrected chi connectivity index (χ1v) is 12.2. The standard InChI is InChI=1S/C24H30N2O6S/c1-17-8-5-6-9-21(17)15-25(4)23(27)16-31-24(28)20-10-7-11-22(12-20)33(29,30)26-13-18(2)32-19(3)14-26/h5-12,18-19H,13-16H2,1-4H3. The normalized spacial score (nSPS) is 19.2. The summed E-state index contributed by atoms with van der Waals surface area (Å²) in [5.41, 5.74) is 2.14. The van der Waals surface area contributed by atoms with Gasteiger partial charge in [0, 0.05) is 26.7 Å². The predicted octanol–water partition coefficient (Wildman–Crippen LogP) is 2.61. The Hall–Kier alpha value is -2.75. The number of carbonyl (C=O) groups is 2. The van der Waals surface area contributed by atoms with E-state index in [1.807, 2.05) is 45.0 Å². The van der Waals surface area contributed by atoms with Gasteiger partial charge in [-0.1, -0.05) is 30.3 Å². The van der Waals surface area contributed by atoms with Gasteiger partial charge in [0.25, 0.3) is 5.91 Å². The molecule has 0 aliphatic carbocycles. The van der Waals surface area contributed by atoms with Gasteiger partial charge in [-0.05, 0) is 50.1 Å². The van der Waals surface area contributed by atoms with Crippen LogP contribution in [0.25, 0.3) is 0 Å². The molecule has 0 bridgehead atoms. The van der Waals surface area contributed by atoms with Crippen molar-refractivity contribution in [3.63, 3.8) is 0 Å². The maximum Gasteiger partial charge on any atom is 0.338 e. The van der Waals surface area contributed by atoms with Gasteiger partial charge in [0.2, 0.25) is 10.0 Å². The van der Waals surface area contributed by atoms with Crippen LogP contribution in [-0.2, 0) is 30.8 Å². The fourth-order valence-corrected chi connectivity index (χ4v) is 5.35. The fraction of sp³-hybridized carbons (Fsp3) is 0.417. The van der Waals surface area contributed by atoms with Crippen LogP contribution in [0.2, 0.25) is 0 Å². The van der Waals surface area contributed by atoms with Crippen molar-refractivity contribution in [2.45, 2.75) is 44.4 Å². The highest BCUT2D eigenvalue weighted by Crippen LogP contribution is 2.22. The Labute approximate surface area is 195 Å². The van der Waals surface area contributed by atoms with Crippen molar-refractivity contribution in [3.8, 4) is 0 Å². The summed E-state index contributed by atoms with van der Waals surface area (Å²) < 4.78 is 38.3. The molecule has 2 aromatic rings. The number of morpholine rings is 1. The smallest absolute Gasteiger partial charge is 0.338 e. The number of rotatable bonds is 7. The van der Waals surface area contributed by atoms with Crippen LogP contribution in [0.3, 0.4) is 0 Å². The van der Waals surface area contributed by atoms with Crippen molar-refractivity contribution < 1.29 is 27.5 Å². The predicted molar refractivity (Wildman–Crippen MR) is 123 cm³/mol. The molecule has 33 heavy (non-hydrogen) atoms. The van der Waals surface area contributed by atoms with Crippen LogP contribution in [0.15, 0.2) is 53.4 Å². The van der Waals surface area contributed by atoms with Gasteiger partial charge < -0.3 is 14.4 Å². The summed E-state index contributed by atoms with van der Waals surface area (Å²) in [6.07, 6.45) is -0.446. The molecule has 2 aromatic carbocycles. The first kappa shape index (κ1) is 24.9. The number of likely N-dealkylation sites (N-methyl/N-ethyl adjacent to an activating group) is 1. The van der Waals surface area contributed by atoms with E-state index < -0.39 is 22.6 Å². The van der Waals surface area contributed by atoms with E-state index in [1.54, 1.807) is 7.05 Å². The van der Waals surface area contributed by atoms with Gasteiger partial charge in [0.1, 0.15) is 0 Å². The van der Waals surface area contributed by atoms with Crippen molar-refractivity contribution in [3.05, 3.63) is 65.2 Å². The van der Waals surface area contributed by atoms with Gasteiger partial charge in [0.15, 0.2) is 6.61 Å². The summed E-state index contributed by atoms with van der Waals surface area (Å²) in [6, 6.07) is 13.4. The lowest BCUT2D eigenvalue weighted by Gasteiger charge is -2.34. The van der Waals surface area contributed by atoms with E-state index in [1.165, 1.54) is 33.5 Å². The summed E-state index contributed by atoms with van der Waals surface area (Å²) in [6.45, 7) is 6.04. The molecule has 0 saturated carbocycles. The van der Waals surface area contributed by atoms with E-state index in [4.69, 9.17) is 9.47 Å². The highest BCUT2D eigenvalue weighted by atomic mass is 32.2. The van der Waals surface area contributed by atoms with Gasteiger partial charge in [-0.25, -0.2) is 13.2 Å². The van der Waals surface area contributed by atoms with Crippen molar-refractivity contribution in [1.29, 1.82) is 0 Å². The van der Waals surface area contributed by atoms with Gasteiger partial charge >= 0.3 is 5.97 Å². The van der Waals surface area contributed by atoms with E-state index in [2.05, 4.69) is 0 Å². The molecule has 9 heteroatoms. The molecule has 1 fully saturated rings. The number of sulfonamides is 1. The molecule has 1 aliphatic rings. The third kappa shape index (κ3) is 6.19. The number of hydrogen-bond acceptors (Lipinski definition) is 6. The molecule has 2 unspecified atom stereocenters. The first-order valence-electron chi connectivity index (χ1n) is 10.8. The molecular weight excluding hydrogens is 444 g/mol. The molecule has 1 saturated heterocycles. The molecule has 1 amide bonds. The minimum absolute atomic E-state index is 0.00115. The van der Waals surface area contributed by atoms with Crippen LogP contribution in [0.5, 0.6) is 0 Å². The molecule has 1 aliphatic heterocycles. The molecular formula is C24H30N2O6S. The average Bonchev–Trinajstić information content (AvgIpc) is 2.78. The van der Waals surface area contributed by atoms with Crippen LogP contribution >= 0.6 is 0 Å². The van der Waals surface area contributed by atoms with Crippen molar-refractivity contribution in [1.82, 2.24) is 9.21 Å². The first-order chi connectivity index (χ1) is 15.6. The molecule has 0 aromatic heterocycles. The Morgan fingerprint density at radius 1 is 1.09 bits per heavy atom. The Bertz CT molecular complexity index is 1110. The number of carbonyl (C=O) groups excluding carboxylic acids is 2. The van der Waals surface area contributed by atoms with Crippen LogP contribution in [-0.4, -0.2) is 68.5 Å². The van der Waals surface area contributed by atoms with Gasteiger partial charge in [-0.2, -0.15) is 4.31 Å². The number of benzene rings is 2. The number of amides is 1. The van der Waals surface area contributed by atoms with Gasteiger partial charge in [0.05, 0.1) is 22.7 Å². The zero-order chi connectivity index (χ0) is 24.2. The lowest BCUT2D eigenvalue weighted by molar-refractivity contribution is -0.133. The molecule has 178 valence electrons. The topological polar surface area (TPSA) is 93.2 Å². The molecule has 8 nitrogen and oxygen atoms in total. The highest BCUT2D eigenvalue weighted by Gasteiger charge is 2.32. The number of ether oxygens (including phenoxy) is 2. The number of hydrogen-bond donors (Lipinski definition) is 0. The van der Waals surface area contributed by atoms with Crippen LogP contribution in [0.4, 0.5) is 0 Å². The SMILES string of the molecule is Cc1ccccc1CN(C)C(=O)COC(=O)c1cccc(S(=O)(=O)N2CC(C)OC(C)C2)c1. The maximum absolute atomic E-state index is 13.1. The molecule has 0 spiro atoms. The van der Waals surface area contributed by atoms with Gasteiger partial charge in [-0.3, -0.25) is 4.79 Å². The van der Waals surface area contributed by atoms with Gasteiger partial charge in [-0.15, -0.1) is 0 Å². The minimum Gasteiger partial charge on any atom is -0.452 e. The zero-order valence-electron chi connectivity index (χ0n) is 19.4. The van der Waals surface area contributed by atoms with Crippen molar-refractivity contribution in [2.24, 2.45) is 0 Å². The van der Waals surface area contributed by atoms with E-state index in [0.29, 0.717) is 6.54 Å². The summed E-state index contributed by atoms with van der Waals surface area (Å²) in [5, 5.41) is 0. The fourth-order valence-electron chi connectivity index (χ4n) is 3.71. The Morgan fingerprint density at radius 2 is 1.76 bits per heavy atom. The molecule has 2 atom stereocenters. The Balaban J connectivity index is 1.63. The summed E-state index contributed by atoms with van der Waals surface area (Å²) >= 11 is 0. The van der Waals surface area contributed by atoms with E-state index >= 15 is 0 Å². The van der Waals surface area contributed by atoms with Crippen LogP contribution in [0, 0.1) is 6.92 Å². The number of esters is 1. The minimum atomic E-state index is -3.80. The van der Waals surface area contributed by atoms with Crippen LogP contribution in [0.1, 0.15) is 35.3 Å². The maximum atomic E-state index is 13.1. The second-order valence-corrected chi connectivity index (χ2v) is 10.3. The van der Waals surface area contributed by atoms with E-state index in [9.17, 15) is 18.0 Å². The zero-order valence-corrected chi connectivity index (χ0v) is 20.2. The third-order valence-corrected chi connectivity index (χ3v) is 7.34. The Morgan fingerprint density at radius 3 is 2.42 bits per heavy atom. The summed E-state index contributed by atoms with van der Waals surface area (Å²) in [4.78, 5) is 26.4. The highest BCUT2D eigenvalue weighted by molar-refractivity contribution is 7.89. The number of nitrogens with zero attached hydrogens (tertiary/aromatic N) is 2.